The van der Waals surface area contributed by atoms with E-state index >= 15 is 0 Å². The van der Waals surface area contributed by atoms with Crippen LogP contribution in [0.4, 0.5) is 0 Å². The van der Waals surface area contributed by atoms with Crippen LogP contribution < -0.4 is 5.32 Å². The van der Waals surface area contributed by atoms with E-state index in [1.807, 2.05) is 0 Å². The maximum Gasteiger partial charge on any atom is 0.00104 e. The zero-order chi connectivity index (χ0) is 12.3. The van der Waals surface area contributed by atoms with Gasteiger partial charge in [-0.2, -0.15) is 0 Å². The van der Waals surface area contributed by atoms with E-state index in [4.69, 9.17) is 0 Å². The Hall–Kier alpha value is -0.0400. The van der Waals surface area contributed by atoms with E-state index in [1.54, 1.807) is 6.42 Å². The highest BCUT2D eigenvalue weighted by Gasteiger charge is 2.38. The van der Waals surface area contributed by atoms with Crippen molar-refractivity contribution in [2.24, 2.45) is 23.7 Å². The van der Waals surface area contributed by atoms with Crippen LogP contribution in [0.3, 0.4) is 0 Å². The maximum atomic E-state index is 3.64. The highest BCUT2D eigenvalue weighted by atomic mass is 14.9. The van der Waals surface area contributed by atoms with Crippen LogP contribution in [-0.4, -0.2) is 12.6 Å². The normalized spacial score (nSPS) is 38.1. The van der Waals surface area contributed by atoms with Crippen molar-refractivity contribution < 1.29 is 0 Å². The van der Waals surface area contributed by atoms with Crippen LogP contribution in [0.25, 0.3) is 0 Å². The molecule has 1 heteroatoms. The summed E-state index contributed by atoms with van der Waals surface area (Å²) >= 11 is 0. The molecular formula is C16H31N. The molecule has 100 valence electrons. The second-order valence-electron chi connectivity index (χ2n) is 6.77. The average Bonchev–Trinajstić information content (AvgIpc) is 2.27. The molecule has 1 N–H and O–H groups in total. The topological polar surface area (TPSA) is 12.0 Å². The molecule has 2 aliphatic rings. The fraction of sp³-hybridized carbons (Fsp3) is 1.00. The van der Waals surface area contributed by atoms with Crippen molar-refractivity contribution in [3.8, 4) is 0 Å². The molecule has 2 fully saturated rings. The first-order chi connectivity index (χ1) is 8.20. The van der Waals surface area contributed by atoms with Crippen LogP contribution in [0.1, 0.15) is 65.7 Å². The molecule has 0 aromatic heterocycles. The van der Waals surface area contributed by atoms with E-state index in [9.17, 15) is 0 Å². The van der Waals surface area contributed by atoms with Crippen molar-refractivity contribution in [2.45, 2.75) is 71.8 Å². The first kappa shape index (κ1) is 13.4. The van der Waals surface area contributed by atoms with Gasteiger partial charge in [-0.1, -0.05) is 46.5 Å². The van der Waals surface area contributed by atoms with E-state index < -0.39 is 0 Å². The van der Waals surface area contributed by atoms with Gasteiger partial charge in [0.05, 0.1) is 0 Å². The summed E-state index contributed by atoms with van der Waals surface area (Å²) in [5.41, 5.74) is 0. The molecule has 2 aliphatic carbocycles. The van der Waals surface area contributed by atoms with E-state index in [0.29, 0.717) is 6.04 Å². The lowest BCUT2D eigenvalue weighted by atomic mass is 9.61. The van der Waals surface area contributed by atoms with E-state index in [-0.39, 0.29) is 0 Å². The summed E-state index contributed by atoms with van der Waals surface area (Å²) in [6.07, 6.45) is 10.5. The van der Waals surface area contributed by atoms with Crippen molar-refractivity contribution >= 4 is 0 Å². The predicted octanol–water partition coefficient (Wildman–Crippen LogP) is 4.23. The Bertz CT molecular complexity index is 224. The highest BCUT2D eigenvalue weighted by molar-refractivity contribution is 4.89. The lowest BCUT2D eigenvalue weighted by Gasteiger charge is -2.45. The van der Waals surface area contributed by atoms with Gasteiger partial charge in [0.15, 0.2) is 0 Å². The summed E-state index contributed by atoms with van der Waals surface area (Å²) in [6, 6.07) is 0.658. The van der Waals surface area contributed by atoms with Crippen LogP contribution >= 0.6 is 0 Å². The molecule has 0 heterocycles. The van der Waals surface area contributed by atoms with Gasteiger partial charge in [0.2, 0.25) is 0 Å². The van der Waals surface area contributed by atoms with Crippen molar-refractivity contribution in [3.63, 3.8) is 0 Å². The fourth-order valence-corrected chi connectivity index (χ4v) is 3.95. The third-order valence-corrected chi connectivity index (χ3v) is 5.27. The van der Waals surface area contributed by atoms with Crippen LogP contribution in [0, 0.1) is 23.7 Å². The quantitative estimate of drug-likeness (QED) is 0.754. The van der Waals surface area contributed by atoms with Crippen molar-refractivity contribution in [1.29, 1.82) is 0 Å². The average molecular weight is 237 g/mol. The Morgan fingerprint density at radius 3 is 2.53 bits per heavy atom. The maximum absolute atomic E-state index is 3.64. The lowest BCUT2D eigenvalue weighted by molar-refractivity contribution is 0.0609. The standard InChI is InChI=1S/C16H31N/c1-4-13-6-5-7-14(10-13)16-9-8-15(16)11-17-12(2)3/h12-17H,4-11H2,1-3H3. The Labute approximate surface area is 108 Å². The van der Waals surface area contributed by atoms with E-state index in [2.05, 4.69) is 26.1 Å². The number of hydrogen-bond acceptors (Lipinski definition) is 1. The second kappa shape index (κ2) is 6.22. The zero-order valence-electron chi connectivity index (χ0n) is 12.0. The molecule has 0 radical (unpaired) electrons. The summed E-state index contributed by atoms with van der Waals surface area (Å²) in [5.74, 6) is 4.18. The third-order valence-electron chi connectivity index (χ3n) is 5.27. The molecule has 0 aliphatic heterocycles. The first-order valence-corrected chi connectivity index (χ1v) is 7.94. The third kappa shape index (κ3) is 3.47. The monoisotopic (exact) mass is 237 g/mol. The molecule has 0 spiro atoms. The van der Waals surface area contributed by atoms with Gasteiger partial charge < -0.3 is 5.32 Å². The van der Waals surface area contributed by atoms with Gasteiger partial charge in [0.1, 0.15) is 0 Å². The Kier molecular flexibility index (Phi) is 4.90. The van der Waals surface area contributed by atoms with Crippen LogP contribution in [0.5, 0.6) is 0 Å². The summed E-state index contributed by atoms with van der Waals surface area (Å²) in [7, 11) is 0. The summed E-state index contributed by atoms with van der Waals surface area (Å²) in [6.45, 7) is 8.18. The minimum Gasteiger partial charge on any atom is -0.314 e. The van der Waals surface area contributed by atoms with Gasteiger partial charge in [-0.05, 0) is 49.5 Å². The van der Waals surface area contributed by atoms with Crippen molar-refractivity contribution in [2.75, 3.05) is 6.54 Å². The minimum absolute atomic E-state index is 0.658. The Balaban J connectivity index is 1.77. The molecular weight excluding hydrogens is 206 g/mol. The van der Waals surface area contributed by atoms with Gasteiger partial charge in [0.25, 0.3) is 0 Å². The molecule has 0 aromatic carbocycles. The van der Waals surface area contributed by atoms with Crippen LogP contribution in [0.15, 0.2) is 0 Å². The van der Waals surface area contributed by atoms with Gasteiger partial charge in [-0.25, -0.2) is 0 Å². The Morgan fingerprint density at radius 1 is 1.12 bits per heavy atom. The van der Waals surface area contributed by atoms with Crippen LogP contribution in [0.2, 0.25) is 0 Å². The minimum atomic E-state index is 0.658. The number of hydrogen-bond donors (Lipinski definition) is 1. The first-order valence-electron chi connectivity index (χ1n) is 7.94. The molecule has 4 atom stereocenters. The summed E-state index contributed by atoms with van der Waals surface area (Å²) in [5, 5.41) is 3.64. The van der Waals surface area contributed by atoms with E-state index in [1.165, 1.54) is 45.1 Å². The highest BCUT2D eigenvalue weighted by Crippen LogP contribution is 2.46. The van der Waals surface area contributed by atoms with Gasteiger partial charge in [0, 0.05) is 6.04 Å². The zero-order valence-corrected chi connectivity index (χ0v) is 12.0. The SMILES string of the molecule is CCC1CCCC(C2CCC2CNC(C)C)C1. The molecule has 2 rings (SSSR count). The lowest BCUT2D eigenvalue weighted by Crippen LogP contribution is -2.42. The molecule has 0 amide bonds. The predicted molar refractivity (Wildman–Crippen MR) is 75.1 cm³/mol. The van der Waals surface area contributed by atoms with Gasteiger partial charge >= 0.3 is 0 Å². The molecule has 0 saturated heterocycles. The summed E-state index contributed by atoms with van der Waals surface area (Å²) < 4.78 is 0. The van der Waals surface area contributed by atoms with Crippen molar-refractivity contribution in [1.82, 2.24) is 5.32 Å². The molecule has 17 heavy (non-hydrogen) atoms. The molecule has 2 saturated carbocycles. The van der Waals surface area contributed by atoms with Crippen molar-refractivity contribution in [3.05, 3.63) is 0 Å². The summed E-state index contributed by atoms with van der Waals surface area (Å²) in [4.78, 5) is 0. The molecule has 1 nitrogen and oxygen atoms in total. The van der Waals surface area contributed by atoms with Crippen LogP contribution in [-0.2, 0) is 0 Å². The van der Waals surface area contributed by atoms with Gasteiger partial charge in [-0.3, -0.25) is 0 Å². The smallest absolute Gasteiger partial charge is 0.00104 e. The fourth-order valence-electron chi connectivity index (χ4n) is 3.95. The second-order valence-corrected chi connectivity index (χ2v) is 6.77. The molecule has 0 bridgehead atoms. The number of rotatable bonds is 5. The van der Waals surface area contributed by atoms with Gasteiger partial charge in [-0.15, -0.1) is 0 Å². The Morgan fingerprint density at radius 2 is 1.94 bits per heavy atom. The molecule has 0 aromatic rings. The molecule has 4 unspecified atom stereocenters. The van der Waals surface area contributed by atoms with E-state index in [0.717, 1.165) is 23.7 Å². The number of nitrogens with one attached hydrogen (secondary N) is 1. The largest absolute Gasteiger partial charge is 0.314 e.